The summed E-state index contributed by atoms with van der Waals surface area (Å²) < 4.78 is 9.06. The van der Waals surface area contributed by atoms with Gasteiger partial charge < -0.3 is 0 Å². The standard InChI is InChI=1S/C27H32/c1-16-8-11-22(12-9-16)26-24-13-10-17(2)14-23(24)15-25(26)27(7)20(5)18(3)19(4)21(27)6/h8-14,18,20H,15H2,1-7H3/i18D. The van der Waals surface area contributed by atoms with Crippen LogP contribution in [0.1, 0.15) is 63.8 Å². The van der Waals surface area contributed by atoms with E-state index in [0.29, 0.717) is 0 Å². The second-order valence-electron chi connectivity index (χ2n) is 8.91. The molecule has 0 heterocycles. The highest BCUT2D eigenvalue weighted by molar-refractivity contribution is 5.89. The van der Waals surface area contributed by atoms with Gasteiger partial charge in [-0.15, -0.1) is 0 Å². The van der Waals surface area contributed by atoms with Gasteiger partial charge >= 0.3 is 0 Å². The van der Waals surface area contributed by atoms with Gasteiger partial charge in [-0.3, -0.25) is 0 Å². The Bertz CT molecular complexity index is 1020. The lowest BCUT2D eigenvalue weighted by Gasteiger charge is -2.36. The molecule has 0 saturated carbocycles. The summed E-state index contributed by atoms with van der Waals surface area (Å²) in [5.41, 5.74) is 12.2. The predicted octanol–water partition coefficient (Wildman–Crippen LogP) is 7.29. The van der Waals surface area contributed by atoms with Crippen molar-refractivity contribution in [2.24, 2.45) is 17.2 Å². The molecule has 2 aliphatic carbocycles. The van der Waals surface area contributed by atoms with Crippen LogP contribution in [0.4, 0.5) is 0 Å². The number of hydrogen-bond acceptors (Lipinski definition) is 0. The molecule has 0 aliphatic heterocycles. The van der Waals surface area contributed by atoms with E-state index in [4.69, 9.17) is 1.37 Å². The Balaban J connectivity index is 2.00. The van der Waals surface area contributed by atoms with Crippen molar-refractivity contribution in [3.63, 3.8) is 0 Å². The molecule has 3 unspecified atom stereocenters. The fourth-order valence-electron chi connectivity index (χ4n) is 5.30. The summed E-state index contributed by atoms with van der Waals surface area (Å²) >= 11 is 0. The monoisotopic (exact) mass is 357 g/mol. The van der Waals surface area contributed by atoms with Gasteiger partial charge in [0.25, 0.3) is 0 Å². The Kier molecular flexibility index (Phi) is 3.93. The number of aryl methyl sites for hydroxylation is 2. The van der Waals surface area contributed by atoms with Crippen molar-refractivity contribution in [2.75, 3.05) is 0 Å². The predicted molar refractivity (Wildman–Crippen MR) is 117 cm³/mol. The maximum atomic E-state index is 9.06. The topological polar surface area (TPSA) is 0 Å². The largest absolute Gasteiger partial charge is 0.0704 e. The molecule has 140 valence electrons. The SMILES string of the molecule is [2H]C1(C)C(C)=C(C)C(C)(C2=C(c3ccc(C)cc3)c3ccc(C)cc3C2)C1C. The lowest BCUT2D eigenvalue weighted by Crippen LogP contribution is -2.28. The van der Waals surface area contributed by atoms with Gasteiger partial charge in [-0.1, -0.05) is 85.5 Å². The van der Waals surface area contributed by atoms with Crippen molar-refractivity contribution >= 4 is 5.57 Å². The molecule has 2 aromatic carbocycles. The Labute approximate surface area is 166 Å². The molecule has 0 radical (unpaired) electrons. The fraction of sp³-hybridized carbons (Fsp3) is 0.407. The number of fused-ring (bicyclic) bond motifs is 1. The molecule has 0 nitrogen and oxygen atoms in total. The molecule has 0 spiro atoms. The summed E-state index contributed by atoms with van der Waals surface area (Å²) in [5, 5.41) is 0. The van der Waals surface area contributed by atoms with Gasteiger partial charge in [0.15, 0.2) is 0 Å². The third-order valence-corrected chi connectivity index (χ3v) is 7.61. The Morgan fingerprint density at radius 3 is 2.15 bits per heavy atom. The van der Waals surface area contributed by atoms with Gasteiger partial charge in [-0.05, 0) is 73.8 Å². The smallest absolute Gasteiger partial charge is 0.0349 e. The first-order chi connectivity index (χ1) is 13.1. The van der Waals surface area contributed by atoms with Crippen molar-refractivity contribution in [2.45, 2.75) is 54.9 Å². The molecule has 3 atom stereocenters. The van der Waals surface area contributed by atoms with Gasteiger partial charge in [-0.2, -0.15) is 0 Å². The minimum absolute atomic E-state index is 0.0896. The van der Waals surface area contributed by atoms with Crippen molar-refractivity contribution < 1.29 is 1.37 Å². The summed E-state index contributed by atoms with van der Waals surface area (Å²) in [6, 6.07) is 15.9. The zero-order valence-electron chi connectivity index (χ0n) is 18.8. The van der Waals surface area contributed by atoms with E-state index < -0.39 is 5.89 Å². The van der Waals surface area contributed by atoms with Gasteiger partial charge in [0, 0.05) is 6.79 Å². The fourth-order valence-corrected chi connectivity index (χ4v) is 5.30. The zero-order chi connectivity index (χ0) is 20.4. The Morgan fingerprint density at radius 2 is 1.56 bits per heavy atom. The van der Waals surface area contributed by atoms with E-state index in [1.54, 1.807) is 0 Å². The molecule has 0 amide bonds. The quantitative estimate of drug-likeness (QED) is 0.495. The molecule has 0 saturated heterocycles. The van der Waals surface area contributed by atoms with E-state index in [1.807, 2.05) is 0 Å². The summed E-state index contributed by atoms with van der Waals surface area (Å²) in [5.74, 6) is -0.277. The molecule has 2 aromatic rings. The van der Waals surface area contributed by atoms with E-state index in [9.17, 15) is 0 Å². The summed E-state index contributed by atoms with van der Waals surface area (Å²) in [4.78, 5) is 0. The molecule has 0 aromatic heterocycles. The molecule has 2 aliphatic rings. The first-order valence-corrected chi connectivity index (χ1v) is 10.2. The lowest BCUT2D eigenvalue weighted by atomic mass is 9.67. The van der Waals surface area contributed by atoms with Crippen LogP contribution in [0.25, 0.3) is 5.57 Å². The van der Waals surface area contributed by atoms with Gasteiger partial charge in [0.1, 0.15) is 0 Å². The van der Waals surface area contributed by atoms with E-state index in [1.165, 1.54) is 50.1 Å². The van der Waals surface area contributed by atoms with Crippen LogP contribution < -0.4 is 0 Å². The molecule has 0 heteroatoms. The van der Waals surface area contributed by atoms with Crippen LogP contribution in [-0.4, -0.2) is 0 Å². The van der Waals surface area contributed by atoms with Crippen molar-refractivity contribution in [1.82, 2.24) is 0 Å². The number of benzene rings is 2. The molecule has 4 rings (SSSR count). The lowest BCUT2D eigenvalue weighted by molar-refractivity contribution is 0.286. The molecule has 0 N–H and O–H groups in total. The number of allylic oxidation sites excluding steroid dienone is 3. The highest BCUT2D eigenvalue weighted by Crippen LogP contribution is 2.58. The third kappa shape index (κ3) is 2.57. The van der Waals surface area contributed by atoms with E-state index in [2.05, 4.69) is 90.9 Å². The van der Waals surface area contributed by atoms with Crippen LogP contribution in [0.3, 0.4) is 0 Å². The second-order valence-corrected chi connectivity index (χ2v) is 8.91. The minimum atomic E-state index is -0.519. The Morgan fingerprint density at radius 1 is 0.926 bits per heavy atom. The van der Waals surface area contributed by atoms with E-state index >= 15 is 0 Å². The van der Waals surface area contributed by atoms with Crippen molar-refractivity contribution in [3.8, 4) is 0 Å². The van der Waals surface area contributed by atoms with Gasteiger partial charge in [0.2, 0.25) is 0 Å². The van der Waals surface area contributed by atoms with E-state index in [-0.39, 0.29) is 11.3 Å². The summed E-state index contributed by atoms with van der Waals surface area (Å²) in [6.45, 7) is 15.5. The molecule has 0 fully saturated rings. The van der Waals surface area contributed by atoms with Crippen LogP contribution >= 0.6 is 0 Å². The summed E-state index contributed by atoms with van der Waals surface area (Å²) in [7, 11) is 0. The average molecular weight is 358 g/mol. The highest BCUT2D eigenvalue weighted by Gasteiger charge is 2.48. The maximum absolute atomic E-state index is 9.06. The normalized spacial score (nSPS) is 30.8. The zero-order valence-corrected chi connectivity index (χ0v) is 17.8. The van der Waals surface area contributed by atoms with Crippen LogP contribution in [0.5, 0.6) is 0 Å². The van der Waals surface area contributed by atoms with Crippen LogP contribution in [0, 0.1) is 31.1 Å². The second kappa shape index (κ2) is 6.23. The average Bonchev–Trinajstić information content (AvgIpc) is 3.09. The van der Waals surface area contributed by atoms with E-state index in [0.717, 1.165) is 6.42 Å². The summed E-state index contributed by atoms with van der Waals surface area (Å²) in [6.07, 6.45) is 0.988. The molecular formula is C27H32. The number of hydrogen-bond donors (Lipinski definition) is 0. The molecular weight excluding hydrogens is 324 g/mol. The Hall–Kier alpha value is -2.08. The third-order valence-electron chi connectivity index (χ3n) is 7.61. The van der Waals surface area contributed by atoms with Crippen LogP contribution in [0.15, 0.2) is 59.2 Å². The highest BCUT2D eigenvalue weighted by atomic mass is 14.5. The minimum Gasteiger partial charge on any atom is -0.0704 e. The molecule has 0 bridgehead atoms. The van der Waals surface area contributed by atoms with Gasteiger partial charge in [-0.25, -0.2) is 0 Å². The first kappa shape index (κ1) is 17.0. The van der Waals surface area contributed by atoms with Crippen LogP contribution in [0.2, 0.25) is 0 Å². The maximum Gasteiger partial charge on any atom is 0.0349 e. The number of rotatable bonds is 2. The van der Waals surface area contributed by atoms with Crippen molar-refractivity contribution in [3.05, 3.63) is 87.0 Å². The first-order valence-electron chi connectivity index (χ1n) is 10.7. The van der Waals surface area contributed by atoms with Gasteiger partial charge in [0.05, 0.1) is 0 Å². The van der Waals surface area contributed by atoms with Crippen LogP contribution in [-0.2, 0) is 6.42 Å². The van der Waals surface area contributed by atoms with Crippen molar-refractivity contribution in [1.29, 1.82) is 0 Å². The molecule has 27 heavy (non-hydrogen) atoms.